The van der Waals surface area contributed by atoms with Crippen LogP contribution in [0.5, 0.6) is 0 Å². The first-order valence-corrected chi connectivity index (χ1v) is 10.1. The smallest absolute Gasteiger partial charge is 0.267 e. The van der Waals surface area contributed by atoms with Crippen LogP contribution >= 0.6 is 0 Å². The first-order valence-electron chi connectivity index (χ1n) is 7.02. The second-order valence-electron chi connectivity index (χ2n) is 5.72. The molecule has 0 aromatic carbocycles. The molecule has 6 N–H and O–H groups in total. The molecule has 2 aliphatic rings. The van der Waals surface area contributed by atoms with Gasteiger partial charge in [0.2, 0.25) is 0 Å². The van der Waals surface area contributed by atoms with E-state index in [2.05, 4.69) is 4.33 Å². The fraction of sp³-hybridized carbons (Fsp3) is 1.00. The van der Waals surface area contributed by atoms with Crippen LogP contribution in [0.15, 0.2) is 0 Å². The van der Waals surface area contributed by atoms with Crippen LogP contribution in [0.25, 0.3) is 0 Å². The number of aliphatic hydroxyl groups is 6. The maximum absolute atomic E-state index is 11.8. The molecule has 0 bridgehead atoms. The first kappa shape index (κ1) is 20.3. The van der Waals surface area contributed by atoms with Gasteiger partial charge in [0.05, 0.1) is 6.61 Å². The maximum Gasteiger partial charge on any atom is 0.267 e. The summed E-state index contributed by atoms with van der Waals surface area (Å²) in [5.41, 5.74) is 0. The Morgan fingerprint density at radius 2 is 1.75 bits per heavy atom. The minimum Gasteiger partial charge on any atom is -0.707 e. The lowest BCUT2D eigenvalue weighted by Gasteiger charge is -2.39. The SMILES string of the molecule is O=S(=O)(O[O-])[C@@H]1[C@H](O)[C@@H](O)C(O)O[C@@H]1C[S+]1C[C@@H](O)[C@H](O)[C@H]1CO. The number of ether oxygens (including phenoxy) is 1. The fourth-order valence-electron chi connectivity index (χ4n) is 2.96. The zero-order chi connectivity index (χ0) is 18.2. The van der Waals surface area contributed by atoms with Crippen molar-refractivity contribution in [2.24, 2.45) is 0 Å². The average molecular weight is 392 g/mol. The van der Waals surface area contributed by atoms with Crippen LogP contribution in [-0.2, 0) is 30.1 Å². The van der Waals surface area contributed by atoms with Gasteiger partial charge in [-0.15, -0.1) is 0 Å². The predicted octanol–water partition coefficient (Wildman–Crippen LogP) is -5.87. The molecule has 2 heterocycles. The largest absolute Gasteiger partial charge is 0.707 e. The third-order valence-electron chi connectivity index (χ3n) is 4.23. The maximum atomic E-state index is 11.8. The fourth-order valence-corrected chi connectivity index (χ4v) is 6.97. The van der Waals surface area contributed by atoms with Crippen LogP contribution in [0.1, 0.15) is 0 Å². The van der Waals surface area contributed by atoms with E-state index in [1.165, 1.54) is 0 Å². The van der Waals surface area contributed by atoms with Crippen molar-refractivity contribution in [1.29, 1.82) is 0 Å². The highest BCUT2D eigenvalue weighted by Gasteiger charge is 2.56. The van der Waals surface area contributed by atoms with Crippen molar-refractivity contribution in [2.75, 3.05) is 18.1 Å². The van der Waals surface area contributed by atoms with E-state index in [4.69, 9.17) is 4.74 Å². The van der Waals surface area contributed by atoms with Gasteiger partial charge in [0.25, 0.3) is 10.1 Å². The van der Waals surface area contributed by atoms with Gasteiger partial charge in [-0.1, -0.05) is 0 Å². The summed E-state index contributed by atoms with van der Waals surface area (Å²) < 4.78 is 31.7. The molecule has 2 aliphatic heterocycles. The van der Waals surface area contributed by atoms with Crippen LogP contribution in [0.2, 0.25) is 0 Å². The molecule has 2 saturated heterocycles. The Kier molecular flexibility index (Phi) is 6.47. The minimum atomic E-state index is -4.85. The van der Waals surface area contributed by atoms with Crippen LogP contribution in [0, 0.1) is 0 Å². The summed E-state index contributed by atoms with van der Waals surface area (Å²) in [6.07, 6.45) is -9.67. The normalized spacial score (nSPS) is 47.0. The topological polar surface area (TPSA) is 197 Å². The highest BCUT2D eigenvalue weighted by molar-refractivity contribution is 7.98. The van der Waals surface area contributed by atoms with E-state index in [0.717, 1.165) is 0 Å². The molecule has 2 rings (SSSR count). The Balaban J connectivity index is 2.25. The van der Waals surface area contributed by atoms with Crippen molar-refractivity contribution in [2.45, 2.75) is 47.3 Å². The van der Waals surface area contributed by atoms with Crippen molar-refractivity contribution in [3.63, 3.8) is 0 Å². The Labute approximate surface area is 140 Å². The molecule has 0 amide bonds. The Bertz CT molecular complexity index is 528. The van der Waals surface area contributed by atoms with Crippen LogP contribution in [0.4, 0.5) is 0 Å². The average Bonchev–Trinajstić information content (AvgIpc) is 2.78. The van der Waals surface area contributed by atoms with Gasteiger partial charge in [-0.3, -0.25) is 0 Å². The molecule has 2 unspecified atom stereocenters. The van der Waals surface area contributed by atoms with Crippen molar-refractivity contribution in [3.8, 4) is 0 Å². The van der Waals surface area contributed by atoms with Crippen LogP contribution in [0.3, 0.4) is 0 Å². The minimum absolute atomic E-state index is 0.0476. The molecule has 0 radical (unpaired) electrons. The van der Waals surface area contributed by atoms with E-state index < -0.39 is 74.9 Å². The van der Waals surface area contributed by atoms with Gasteiger partial charge in [-0.2, -0.15) is 8.42 Å². The monoisotopic (exact) mass is 392 g/mol. The van der Waals surface area contributed by atoms with E-state index in [1.54, 1.807) is 0 Å². The van der Waals surface area contributed by atoms with Gasteiger partial charge in [0.1, 0.15) is 47.3 Å². The molecule has 13 heteroatoms. The molecule has 24 heavy (non-hydrogen) atoms. The molecule has 0 saturated carbocycles. The standard InChI is InChI=1S/C11H20O11S2/c12-1-6-7(14)4(13)2-23(6)3-5-10(24(19,20)22-18)8(15)9(16)11(17)21-5/h4-17H,1-3H2/t4-,5-,6-,7+,8-,9-,10+,11?,23?/m1/s1. The zero-order valence-electron chi connectivity index (χ0n) is 12.3. The van der Waals surface area contributed by atoms with E-state index >= 15 is 0 Å². The van der Waals surface area contributed by atoms with Crippen LogP contribution < -0.4 is 5.26 Å². The summed E-state index contributed by atoms with van der Waals surface area (Å²) in [6, 6.07) is 0. The lowest BCUT2D eigenvalue weighted by molar-refractivity contribution is -0.635. The second kappa shape index (κ2) is 7.67. The number of aliphatic hydroxyl groups excluding tert-OH is 6. The van der Waals surface area contributed by atoms with Crippen molar-refractivity contribution in [3.05, 3.63) is 0 Å². The molecular formula is C11H20O11S2. The predicted molar refractivity (Wildman–Crippen MR) is 76.7 cm³/mol. The molecule has 0 aromatic rings. The quantitative estimate of drug-likeness (QED) is 0.148. The van der Waals surface area contributed by atoms with Crippen molar-refractivity contribution >= 4 is 21.0 Å². The highest BCUT2D eigenvalue weighted by atomic mass is 32.2. The van der Waals surface area contributed by atoms with E-state index in [-0.39, 0.29) is 11.5 Å². The summed E-state index contributed by atoms with van der Waals surface area (Å²) in [4.78, 5) is 0. The molecule has 142 valence electrons. The number of rotatable bonds is 5. The molecule has 2 fully saturated rings. The Morgan fingerprint density at radius 1 is 1.12 bits per heavy atom. The summed E-state index contributed by atoms with van der Waals surface area (Å²) in [6.45, 7) is -0.475. The van der Waals surface area contributed by atoms with Gasteiger partial charge < -0.3 is 45.0 Å². The lowest BCUT2D eigenvalue weighted by atomic mass is 10.0. The third-order valence-corrected chi connectivity index (χ3v) is 8.48. The number of hydrogen-bond acceptors (Lipinski definition) is 11. The van der Waals surface area contributed by atoms with Crippen molar-refractivity contribution in [1.82, 2.24) is 0 Å². The lowest BCUT2D eigenvalue weighted by Crippen LogP contribution is -2.62. The highest BCUT2D eigenvalue weighted by Crippen LogP contribution is 2.31. The Morgan fingerprint density at radius 3 is 2.29 bits per heavy atom. The first-order chi connectivity index (χ1) is 11.1. The van der Waals surface area contributed by atoms with E-state index in [1.807, 2.05) is 0 Å². The van der Waals surface area contributed by atoms with Crippen LogP contribution in [-0.4, -0.2) is 104 Å². The van der Waals surface area contributed by atoms with E-state index in [9.17, 15) is 44.3 Å². The van der Waals surface area contributed by atoms with Gasteiger partial charge in [0.15, 0.2) is 11.5 Å². The second-order valence-corrected chi connectivity index (χ2v) is 9.73. The zero-order valence-corrected chi connectivity index (χ0v) is 13.9. The number of hydrogen-bond donors (Lipinski definition) is 6. The van der Waals surface area contributed by atoms with Gasteiger partial charge >= 0.3 is 0 Å². The summed E-state index contributed by atoms with van der Waals surface area (Å²) in [5, 5.41) is 65.7. The Hall–Kier alpha value is -0.0600. The summed E-state index contributed by atoms with van der Waals surface area (Å²) in [7, 11) is -5.78. The van der Waals surface area contributed by atoms with Crippen molar-refractivity contribution < 1.29 is 53.4 Å². The van der Waals surface area contributed by atoms with Gasteiger partial charge in [-0.25, -0.2) is 0 Å². The molecule has 0 aromatic heterocycles. The van der Waals surface area contributed by atoms with Gasteiger partial charge in [0, 0.05) is 10.9 Å². The van der Waals surface area contributed by atoms with E-state index in [0.29, 0.717) is 0 Å². The molecule has 11 nitrogen and oxygen atoms in total. The molecular weight excluding hydrogens is 372 g/mol. The van der Waals surface area contributed by atoms with Gasteiger partial charge in [-0.05, 0) is 0 Å². The third kappa shape index (κ3) is 3.71. The molecule has 9 atom stereocenters. The molecule has 0 aliphatic carbocycles. The summed E-state index contributed by atoms with van der Waals surface area (Å²) >= 11 is 0. The summed E-state index contributed by atoms with van der Waals surface area (Å²) in [5.74, 6) is -0.139. The molecule has 0 spiro atoms.